The van der Waals surface area contributed by atoms with Crippen LogP contribution in [0.15, 0.2) is 0 Å². The van der Waals surface area contributed by atoms with Crippen LogP contribution in [0.5, 0.6) is 0 Å². The molecule has 0 aliphatic heterocycles. The molecule has 0 aliphatic rings. The Morgan fingerprint density at radius 1 is 1.54 bits per heavy atom. The molecule has 0 saturated carbocycles. The van der Waals surface area contributed by atoms with Gasteiger partial charge in [0.25, 0.3) is 0 Å². The van der Waals surface area contributed by atoms with E-state index in [4.69, 9.17) is 10.00 Å². The molecule has 4 heteroatoms. The highest BCUT2D eigenvalue weighted by atomic mass is 32.2. The third-order valence-electron chi connectivity index (χ3n) is 1.69. The van der Waals surface area contributed by atoms with Crippen LogP contribution in [0.4, 0.5) is 0 Å². The lowest BCUT2D eigenvalue weighted by molar-refractivity contribution is 0.200. The van der Waals surface area contributed by atoms with Crippen molar-refractivity contribution in [1.82, 2.24) is 5.32 Å². The van der Waals surface area contributed by atoms with Gasteiger partial charge in [0.05, 0.1) is 12.1 Å². The highest BCUT2D eigenvalue weighted by Crippen LogP contribution is 2.06. The Kier molecular flexibility index (Phi) is 9.66. The highest BCUT2D eigenvalue weighted by Gasteiger charge is 2.02. The average molecular weight is 202 g/mol. The summed E-state index contributed by atoms with van der Waals surface area (Å²) in [5, 5.41) is 11.6. The van der Waals surface area contributed by atoms with E-state index in [9.17, 15) is 0 Å². The summed E-state index contributed by atoms with van der Waals surface area (Å²) >= 11 is 1.88. The third kappa shape index (κ3) is 8.10. The van der Waals surface area contributed by atoms with Crippen LogP contribution in [0.2, 0.25) is 0 Å². The van der Waals surface area contributed by atoms with Gasteiger partial charge in [0, 0.05) is 13.7 Å². The first-order valence-electron chi connectivity index (χ1n) is 4.48. The molecule has 0 amide bonds. The van der Waals surface area contributed by atoms with Crippen molar-refractivity contribution in [2.45, 2.75) is 18.9 Å². The molecule has 0 bridgehead atoms. The fourth-order valence-electron chi connectivity index (χ4n) is 0.882. The molecule has 0 saturated heterocycles. The topological polar surface area (TPSA) is 45.0 Å². The molecule has 0 rings (SSSR count). The predicted octanol–water partition coefficient (Wildman–Crippen LogP) is 1.26. The molecule has 0 aromatic heterocycles. The van der Waals surface area contributed by atoms with E-state index in [0.29, 0.717) is 0 Å². The Morgan fingerprint density at radius 2 is 2.31 bits per heavy atom. The summed E-state index contributed by atoms with van der Waals surface area (Å²) in [7, 11) is 3.54. The molecule has 0 fully saturated rings. The normalized spacial score (nSPS) is 12.4. The number of hydrogen-bond acceptors (Lipinski definition) is 4. The maximum Gasteiger partial charge on any atom is 0.0958 e. The first kappa shape index (κ1) is 12.8. The molecule has 0 radical (unpaired) electrons. The second-order valence-electron chi connectivity index (χ2n) is 2.72. The molecule has 0 aliphatic carbocycles. The maximum absolute atomic E-state index is 8.63. The summed E-state index contributed by atoms with van der Waals surface area (Å²) in [4.78, 5) is 0. The largest absolute Gasteiger partial charge is 0.385 e. The molecule has 1 unspecified atom stereocenters. The quantitative estimate of drug-likeness (QED) is 0.602. The Labute approximate surface area is 84.8 Å². The van der Waals surface area contributed by atoms with Gasteiger partial charge in [-0.05, 0) is 31.4 Å². The van der Waals surface area contributed by atoms with Crippen molar-refractivity contribution >= 4 is 11.8 Å². The van der Waals surface area contributed by atoms with Crippen LogP contribution in [-0.2, 0) is 4.74 Å². The molecule has 1 N–H and O–H groups in total. The number of hydrogen-bond donors (Lipinski definition) is 1. The first-order chi connectivity index (χ1) is 6.35. The Hall–Kier alpha value is -0.240. The van der Waals surface area contributed by atoms with E-state index in [1.165, 1.54) is 0 Å². The second kappa shape index (κ2) is 9.85. The molecule has 1 atom stereocenters. The van der Waals surface area contributed by atoms with E-state index in [0.717, 1.165) is 31.0 Å². The van der Waals surface area contributed by atoms with Gasteiger partial charge >= 0.3 is 0 Å². The van der Waals surface area contributed by atoms with E-state index in [-0.39, 0.29) is 6.04 Å². The minimum Gasteiger partial charge on any atom is -0.385 e. The van der Waals surface area contributed by atoms with Crippen LogP contribution in [0.1, 0.15) is 12.8 Å². The summed E-state index contributed by atoms with van der Waals surface area (Å²) in [6.45, 7) is 0.834. The standard InChI is InChI=1S/C9H18N2OS/c1-11-9(8-10)4-7-13-6-3-5-12-2/h9,11H,3-7H2,1-2H3. The Balaban J connectivity index is 3.11. The van der Waals surface area contributed by atoms with Gasteiger partial charge in [-0.25, -0.2) is 0 Å². The van der Waals surface area contributed by atoms with E-state index >= 15 is 0 Å². The second-order valence-corrected chi connectivity index (χ2v) is 3.94. The summed E-state index contributed by atoms with van der Waals surface area (Å²) in [6, 6.07) is 2.21. The monoisotopic (exact) mass is 202 g/mol. The molecular weight excluding hydrogens is 184 g/mol. The lowest BCUT2D eigenvalue weighted by atomic mass is 10.3. The number of nitrogens with one attached hydrogen (secondary N) is 1. The zero-order valence-electron chi connectivity index (χ0n) is 8.38. The molecule has 0 spiro atoms. The van der Waals surface area contributed by atoms with E-state index in [1.54, 1.807) is 7.11 Å². The lowest BCUT2D eigenvalue weighted by Gasteiger charge is -2.06. The fourth-order valence-corrected chi connectivity index (χ4v) is 1.81. The highest BCUT2D eigenvalue weighted by molar-refractivity contribution is 7.99. The molecule has 3 nitrogen and oxygen atoms in total. The molecule has 0 aromatic rings. The minimum absolute atomic E-state index is 0.00919. The average Bonchev–Trinajstić information content (AvgIpc) is 2.17. The number of methoxy groups -OCH3 is 1. The van der Waals surface area contributed by atoms with Crippen LogP contribution in [0, 0.1) is 11.3 Å². The Morgan fingerprint density at radius 3 is 2.85 bits per heavy atom. The van der Waals surface area contributed by atoms with Gasteiger partial charge in [-0.1, -0.05) is 0 Å². The maximum atomic E-state index is 8.63. The lowest BCUT2D eigenvalue weighted by Crippen LogP contribution is -2.23. The minimum atomic E-state index is 0.00919. The van der Waals surface area contributed by atoms with Crippen LogP contribution in [-0.4, -0.2) is 38.3 Å². The van der Waals surface area contributed by atoms with Gasteiger partial charge in [-0.3, -0.25) is 0 Å². The van der Waals surface area contributed by atoms with E-state index in [2.05, 4.69) is 11.4 Å². The summed E-state index contributed by atoms with van der Waals surface area (Å²) in [6.07, 6.45) is 2.02. The summed E-state index contributed by atoms with van der Waals surface area (Å²) < 4.78 is 4.93. The van der Waals surface area contributed by atoms with Crippen molar-refractivity contribution in [3.8, 4) is 6.07 Å². The van der Waals surface area contributed by atoms with Crippen LogP contribution < -0.4 is 5.32 Å². The van der Waals surface area contributed by atoms with Gasteiger partial charge in [0.15, 0.2) is 0 Å². The van der Waals surface area contributed by atoms with Gasteiger partial charge in [-0.2, -0.15) is 17.0 Å². The van der Waals surface area contributed by atoms with Crippen molar-refractivity contribution in [3.05, 3.63) is 0 Å². The summed E-state index contributed by atoms with van der Waals surface area (Å²) in [5.74, 6) is 2.17. The molecular formula is C9H18N2OS. The number of thioether (sulfide) groups is 1. The van der Waals surface area contributed by atoms with Gasteiger partial charge in [0.2, 0.25) is 0 Å². The smallest absolute Gasteiger partial charge is 0.0958 e. The molecule has 76 valence electrons. The number of rotatable bonds is 8. The summed E-state index contributed by atoms with van der Waals surface area (Å²) in [5.41, 5.74) is 0. The van der Waals surface area contributed by atoms with Gasteiger partial charge in [0.1, 0.15) is 0 Å². The van der Waals surface area contributed by atoms with Crippen molar-refractivity contribution < 1.29 is 4.74 Å². The number of nitrogens with zero attached hydrogens (tertiary/aromatic N) is 1. The zero-order chi connectivity index (χ0) is 9.94. The van der Waals surface area contributed by atoms with Crippen LogP contribution in [0.25, 0.3) is 0 Å². The predicted molar refractivity (Wildman–Crippen MR) is 56.9 cm³/mol. The molecule has 0 heterocycles. The molecule has 13 heavy (non-hydrogen) atoms. The van der Waals surface area contributed by atoms with Crippen LogP contribution >= 0.6 is 11.8 Å². The zero-order valence-corrected chi connectivity index (χ0v) is 9.19. The van der Waals surface area contributed by atoms with Crippen molar-refractivity contribution in [1.29, 1.82) is 5.26 Å². The number of nitriles is 1. The van der Waals surface area contributed by atoms with Crippen molar-refractivity contribution in [3.63, 3.8) is 0 Å². The van der Waals surface area contributed by atoms with Gasteiger partial charge in [-0.15, -0.1) is 0 Å². The fraction of sp³-hybridized carbons (Fsp3) is 0.889. The van der Waals surface area contributed by atoms with Crippen LogP contribution in [0.3, 0.4) is 0 Å². The third-order valence-corrected chi connectivity index (χ3v) is 2.79. The van der Waals surface area contributed by atoms with E-state index in [1.807, 2.05) is 18.8 Å². The van der Waals surface area contributed by atoms with E-state index < -0.39 is 0 Å². The number of ether oxygens (including phenoxy) is 1. The Bertz CT molecular complexity index is 147. The molecule has 0 aromatic carbocycles. The first-order valence-corrected chi connectivity index (χ1v) is 5.64. The SMILES string of the molecule is CNC(C#N)CCSCCCOC. The van der Waals surface area contributed by atoms with Crippen molar-refractivity contribution in [2.75, 3.05) is 32.3 Å². The van der Waals surface area contributed by atoms with Crippen molar-refractivity contribution in [2.24, 2.45) is 0 Å². The van der Waals surface area contributed by atoms with Gasteiger partial charge < -0.3 is 10.1 Å².